The molecule has 0 spiro atoms. The quantitative estimate of drug-likeness (QED) is 0.827. The number of nitrogens with two attached hydrogens (primary N) is 1. The summed E-state index contributed by atoms with van der Waals surface area (Å²) in [5.74, 6) is 1.47. The van der Waals surface area contributed by atoms with Gasteiger partial charge in [-0.2, -0.15) is 0 Å². The third-order valence-electron chi connectivity index (χ3n) is 2.28. The van der Waals surface area contributed by atoms with Gasteiger partial charge in [0.2, 0.25) is 0 Å². The van der Waals surface area contributed by atoms with Crippen LogP contribution in [0.5, 0.6) is 11.5 Å². The monoisotopic (exact) mass is 243 g/mol. The molecule has 2 N–H and O–H groups in total. The molecule has 90 valence electrons. The van der Waals surface area contributed by atoms with Crippen LogP contribution in [0.15, 0.2) is 24.8 Å². The van der Waals surface area contributed by atoms with Gasteiger partial charge in [0, 0.05) is 0 Å². The van der Waals surface area contributed by atoms with E-state index in [2.05, 4.69) is 6.58 Å². The molecule has 0 saturated carbocycles. The Kier molecular flexibility index (Phi) is 5.93. The summed E-state index contributed by atoms with van der Waals surface area (Å²) in [6.07, 6.45) is 1.66. The Morgan fingerprint density at radius 3 is 2.00 bits per heavy atom. The van der Waals surface area contributed by atoms with E-state index in [-0.39, 0.29) is 18.4 Å². The molecule has 0 amide bonds. The largest absolute Gasteiger partial charge is 0.496 e. The first-order chi connectivity index (χ1) is 7.13. The van der Waals surface area contributed by atoms with Crippen molar-refractivity contribution in [2.75, 3.05) is 14.2 Å². The first-order valence-electron chi connectivity index (χ1n) is 4.74. The lowest BCUT2D eigenvalue weighted by molar-refractivity contribution is 0.382. The van der Waals surface area contributed by atoms with E-state index in [9.17, 15) is 0 Å². The van der Waals surface area contributed by atoms with Crippen LogP contribution in [0.25, 0.3) is 0 Å². The highest BCUT2D eigenvalue weighted by atomic mass is 35.5. The molecular weight excluding hydrogens is 226 g/mol. The Bertz CT molecular complexity index is 341. The van der Waals surface area contributed by atoms with Crippen molar-refractivity contribution in [3.05, 3.63) is 35.9 Å². The van der Waals surface area contributed by atoms with Crippen LogP contribution in [0, 0.1) is 6.92 Å². The van der Waals surface area contributed by atoms with Gasteiger partial charge < -0.3 is 15.2 Å². The van der Waals surface area contributed by atoms with Crippen LogP contribution in [0.1, 0.15) is 17.2 Å². The van der Waals surface area contributed by atoms with E-state index in [0.29, 0.717) is 0 Å². The summed E-state index contributed by atoms with van der Waals surface area (Å²) in [4.78, 5) is 0. The second-order valence-electron chi connectivity index (χ2n) is 3.34. The number of aryl methyl sites for hydroxylation is 1. The highest BCUT2D eigenvalue weighted by Crippen LogP contribution is 2.34. The second-order valence-corrected chi connectivity index (χ2v) is 3.34. The van der Waals surface area contributed by atoms with Crippen LogP contribution < -0.4 is 15.2 Å². The molecule has 0 bridgehead atoms. The van der Waals surface area contributed by atoms with Crippen LogP contribution in [0.3, 0.4) is 0 Å². The fraction of sp³-hybridized carbons (Fsp3) is 0.333. The Morgan fingerprint density at radius 2 is 1.69 bits per heavy atom. The van der Waals surface area contributed by atoms with Gasteiger partial charge in [0.15, 0.2) is 0 Å². The maximum absolute atomic E-state index is 5.92. The molecule has 0 radical (unpaired) electrons. The SMILES string of the molecule is C=C[C@H](N)c1c(OC)cc(C)cc1OC.Cl. The molecule has 0 aliphatic heterocycles. The van der Waals surface area contributed by atoms with Crippen LogP contribution in [0.2, 0.25) is 0 Å². The number of halogens is 1. The second kappa shape index (κ2) is 6.40. The maximum atomic E-state index is 5.92. The third kappa shape index (κ3) is 2.90. The van der Waals surface area contributed by atoms with E-state index >= 15 is 0 Å². The van der Waals surface area contributed by atoms with Crippen molar-refractivity contribution in [2.24, 2.45) is 5.73 Å². The lowest BCUT2D eigenvalue weighted by atomic mass is 10.0. The molecule has 4 heteroatoms. The van der Waals surface area contributed by atoms with Gasteiger partial charge in [0.1, 0.15) is 11.5 Å². The van der Waals surface area contributed by atoms with E-state index in [0.717, 1.165) is 22.6 Å². The number of hydrogen-bond donors (Lipinski definition) is 1. The minimum Gasteiger partial charge on any atom is -0.496 e. The first kappa shape index (κ1) is 14.8. The van der Waals surface area contributed by atoms with Gasteiger partial charge in [0.05, 0.1) is 25.8 Å². The lowest BCUT2D eigenvalue weighted by Gasteiger charge is -2.17. The van der Waals surface area contributed by atoms with Crippen molar-refractivity contribution in [1.82, 2.24) is 0 Å². The van der Waals surface area contributed by atoms with Gasteiger partial charge in [-0.1, -0.05) is 6.08 Å². The van der Waals surface area contributed by atoms with Crippen LogP contribution in [-0.2, 0) is 0 Å². The Balaban J connectivity index is 0.00000225. The Morgan fingerprint density at radius 1 is 1.25 bits per heavy atom. The summed E-state index contributed by atoms with van der Waals surface area (Å²) in [6, 6.07) is 3.58. The van der Waals surface area contributed by atoms with Crippen LogP contribution >= 0.6 is 12.4 Å². The van der Waals surface area contributed by atoms with Gasteiger partial charge in [0.25, 0.3) is 0 Å². The molecule has 3 nitrogen and oxygen atoms in total. The van der Waals surface area contributed by atoms with Gasteiger partial charge in [-0.25, -0.2) is 0 Å². The van der Waals surface area contributed by atoms with E-state index in [1.807, 2.05) is 19.1 Å². The van der Waals surface area contributed by atoms with Gasteiger partial charge in [-0.3, -0.25) is 0 Å². The Hall–Kier alpha value is -1.19. The molecule has 1 atom stereocenters. The number of rotatable bonds is 4. The van der Waals surface area contributed by atoms with Crippen LogP contribution in [0.4, 0.5) is 0 Å². The molecule has 0 aliphatic rings. The fourth-order valence-electron chi connectivity index (χ4n) is 1.52. The standard InChI is InChI=1S/C12H17NO2.ClH/c1-5-9(13)12-10(14-3)6-8(2)7-11(12)15-4;/h5-7,9H,1,13H2,2-4H3;1H/t9-;/m0./s1. The zero-order chi connectivity index (χ0) is 11.4. The average Bonchev–Trinajstić information content (AvgIpc) is 2.26. The topological polar surface area (TPSA) is 44.5 Å². The summed E-state index contributed by atoms with van der Waals surface area (Å²) in [5.41, 5.74) is 7.83. The third-order valence-corrected chi connectivity index (χ3v) is 2.28. The number of methoxy groups -OCH3 is 2. The molecule has 1 aromatic rings. The minimum atomic E-state index is -0.282. The average molecular weight is 244 g/mol. The van der Waals surface area contributed by atoms with Crippen molar-refractivity contribution in [1.29, 1.82) is 0 Å². The van der Waals surface area contributed by atoms with Gasteiger partial charge in [-0.15, -0.1) is 19.0 Å². The predicted octanol–water partition coefficient (Wildman–Crippen LogP) is 2.62. The summed E-state index contributed by atoms with van der Waals surface area (Å²) < 4.78 is 10.6. The summed E-state index contributed by atoms with van der Waals surface area (Å²) in [5, 5.41) is 0. The van der Waals surface area contributed by atoms with Crippen LogP contribution in [-0.4, -0.2) is 14.2 Å². The molecular formula is C12H18ClNO2. The highest BCUT2D eigenvalue weighted by molar-refractivity contribution is 5.85. The summed E-state index contributed by atoms with van der Waals surface area (Å²) in [7, 11) is 3.24. The van der Waals surface area contributed by atoms with Gasteiger partial charge >= 0.3 is 0 Å². The van der Waals surface area contributed by atoms with Crippen molar-refractivity contribution >= 4 is 12.4 Å². The van der Waals surface area contributed by atoms with Gasteiger partial charge in [-0.05, 0) is 24.6 Å². The highest BCUT2D eigenvalue weighted by Gasteiger charge is 2.15. The number of hydrogen-bond acceptors (Lipinski definition) is 3. The van der Waals surface area contributed by atoms with E-state index in [1.54, 1.807) is 20.3 Å². The summed E-state index contributed by atoms with van der Waals surface area (Å²) >= 11 is 0. The normalized spacial score (nSPS) is 11.2. The molecule has 0 aliphatic carbocycles. The zero-order valence-electron chi connectivity index (χ0n) is 9.82. The lowest BCUT2D eigenvalue weighted by Crippen LogP contribution is -2.10. The van der Waals surface area contributed by atoms with E-state index in [1.165, 1.54) is 0 Å². The van der Waals surface area contributed by atoms with Crippen molar-refractivity contribution in [3.8, 4) is 11.5 Å². The predicted molar refractivity (Wildman–Crippen MR) is 68.7 cm³/mol. The minimum absolute atomic E-state index is 0. The molecule has 0 saturated heterocycles. The molecule has 1 rings (SSSR count). The molecule has 1 aromatic carbocycles. The number of benzene rings is 1. The molecule has 0 unspecified atom stereocenters. The molecule has 0 aromatic heterocycles. The molecule has 0 fully saturated rings. The summed E-state index contributed by atoms with van der Waals surface area (Å²) in [6.45, 7) is 5.65. The maximum Gasteiger partial charge on any atom is 0.127 e. The smallest absolute Gasteiger partial charge is 0.127 e. The van der Waals surface area contributed by atoms with E-state index < -0.39 is 0 Å². The zero-order valence-corrected chi connectivity index (χ0v) is 10.6. The van der Waals surface area contributed by atoms with Crippen molar-refractivity contribution in [2.45, 2.75) is 13.0 Å². The van der Waals surface area contributed by atoms with E-state index in [4.69, 9.17) is 15.2 Å². The fourth-order valence-corrected chi connectivity index (χ4v) is 1.52. The van der Waals surface area contributed by atoms with Crippen molar-refractivity contribution < 1.29 is 9.47 Å². The van der Waals surface area contributed by atoms with Crippen molar-refractivity contribution in [3.63, 3.8) is 0 Å². The first-order valence-corrected chi connectivity index (χ1v) is 4.74. The Labute approximate surface area is 103 Å². The molecule has 0 heterocycles. The molecule has 16 heavy (non-hydrogen) atoms. The number of ether oxygens (including phenoxy) is 2.